The first-order chi connectivity index (χ1) is 14.2. The molecule has 1 unspecified atom stereocenters. The van der Waals surface area contributed by atoms with Crippen molar-refractivity contribution in [3.8, 4) is 0 Å². The third-order valence-corrected chi connectivity index (χ3v) is 5.24. The third-order valence-electron chi connectivity index (χ3n) is 4.24. The van der Waals surface area contributed by atoms with E-state index in [4.69, 9.17) is 4.74 Å². The Labute approximate surface area is 174 Å². The van der Waals surface area contributed by atoms with Crippen LogP contribution in [0.5, 0.6) is 0 Å². The molecule has 0 fully saturated rings. The Balaban J connectivity index is 2.22. The van der Waals surface area contributed by atoms with Gasteiger partial charge in [0.2, 0.25) is 0 Å². The molecular formula is C18H19F6NO5S. The molecule has 0 amide bonds. The van der Waals surface area contributed by atoms with Gasteiger partial charge in [-0.1, -0.05) is 12.1 Å². The molecule has 0 bridgehead atoms. The van der Waals surface area contributed by atoms with E-state index in [1.54, 1.807) is 6.92 Å². The second-order valence-electron chi connectivity index (χ2n) is 6.78. The van der Waals surface area contributed by atoms with Crippen molar-refractivity contribution in [2.75, 3.05) is 13.2 Å². The smallest absolute Gasteiger partial charge is 0.466 e. The van der Waals surface area contributed by atoms with E-state index in [0.29, 0.717) is 5.56 Å². The van der Waals surface area contributed by atoms with Gasteiger partial charge in [0.15, 0.2) is 0 Å². The first-order valence-electron chi connectivity index (χ1n) is 8.98. The van der Waals surface area contributed by atoms with Crippen molar-refractivity contribution in [1.29, 1.82) is 0 Å². The highest BCUT2D eigenvalue weighted by molar-refractivity contribution is 7.87. The molecule has 174 valence electrons. The predicted molar refractivity (Wildman–Crippen MR) is 95.4 cm³/mol. The van der Waals surface area contributed by atoms with E-state index in [-0.39, 0.29) is 32.5 Å². The maximum Gasteiger partial charge on any atom is 0.534 e. The Morgan fingerprint density at radius 1 is 1.13 bits per heavy atom. The topological polar surface area (TPSA) is 72.9 Å². The molecule has 1 atom stereocenters. The van der Waals surface area contributed by atoms with Gasteiger partial charge in [-0.3, -0.25) is 4.79 Å². The molecule has 2 rings (SSSR count). The highest BCUT2D eigenvalue weighted by Gasteiger charge is 2.49. The summed E-state index contributed by atoms with van der Waals surface area (Å²) in [4.78, 5) is 13.1. The molecule has 1 heterocycles. The summed E-state index contributed by atoms with van der Waals surface area (Å²) in [6.45, 7) is 1.73. The highest BCUT2D eigenvalue weighted by atomic mass is 32.2. The zero-order valence-corrected chi connectivity index (χ0v) is 17.0. The van der Waals surface area contributed by atoms with Gasteiger partial charge in [-0.25, -0.2) is 0 Å². The van der Waals surface area contributed by atoms with Crippen LogP contribution in [0, 0.1) is 5.92 Å². The van der Waals surface area contributed by atoms with Crippen molar-refractivity contribution in [3.63, 3.8) is 0 Å². The van der Waals surface area contributed by atoms with Crippen molar-refractivity contribution >= 4 is 16.1 Å². The Kier molecular flexibility index (Phi) is 7.50. The van der Waals surface area contributed by atoms with E-state index in [9.17, 15) is 39.6 Å². The van der Waals surface area contributed by atoms with Crippen LogP contribution in [0.4, 0.5) is 26.3 Å². The second-order valence-corrected chi connectivity index (χ2v) is 8.32. The van der Waals surface area contributed by atoms with E-state index in [1.807, 2.05) is 0 Å². The van der Waals surface area contributed by atoms with E-state index in [0.717, 1.165) is 18.3 Å². The average molecular weight is 475 g/mol. The number of ether oxygens (including phenoxy) is 1. The van der Waals surface area contributed by atoms with Gasteiger partial charge in [0.1, 0.15) is 5.76 Å². The van der Waals surface area contributed by atoms with Crippen molar-refractivity contribution in [3.05, 3.63) is 47.4 Å². The van der Waals surface area contributed by atoms with Crippen LogP contribution >= 0.6 is 0 Å². The minimum absolute atomic E-state index is 0.0452. The lowest BCUT2D eigenvalue weighted by Gasteiger charge is -2.32. The third kappa shape index (κ3) is 7.04. The van der Waals surface area contributed by atoms with Crippen LogP contribution < -0.4 is 0 Å². The van der Waals surface area contributed by atoms with Gasteiger partial charge < -0.3 is 13.8 Å². The molecule has 1 aliphatic heterocycles. The number of carbonyl (C=O) groups excluding carboxylic acids is 1. The van der Waals surface area contributed by atoms with E-state index in [2.05, 4.69) is 4.18 Å². The van der Waals surface area contributed by atoms with Gasteiger partial charge in [0.25, 0.3) is 0 Å². The normalized spacial score (nSPS) is 17.8. The molecule has 0 aliphatic carbocycles. The molecule has 1 aromatic rings. The molecular weight excluding hydrogens is 456 g/mol. The first kappa shape index (κ1) is 24.8. The lowest BCUT2D eigenvalue weighted by Crippen LogP contribution is -2.33. The average Bonchev–Trinajstić information content (AvgIpc) is 2.60. The van der Waals surface area contributed by atoms with Crippen molar-refractivity contribution in [1.82, 2.24) is 4.90 Å². The van der Waals surface area contributed by atoms with Gasteiger partial charge in [-0.15, -0.1) is 0 Å². The maximum atomic E-state index is 12.7. The number of benzene rings is 1. The first-order valence-corrected chi connectivity index (χ1v) is 10.4. The molecule has 1 aliphatic rings. The van der Waals surface area contributed by atoms with Crippen LogP contribution in [-0.2, 0) is 36.6 Å². The molecule has 31 heavy (non-hydrogen) atoms. The van der Waals surface area contributed by atoms with E-state index < -0.39 is 45.0 Å². The van der Waals surface area contributed by atoms with Gasteiger partial charge in [0.05, 0.1) is 18.6 Å². The fourth-order valence-corrected chi connectivity index (χ4v) is 3.46. The van der Waals surface area contributed by atoms with E-state index in [1.165, 1.54) is 17.0 Å². The summed E-state index contributed by atoms with van der Waals surface area (Å²) in [5, 5.41) is 0. The lowest BCUT2D eigenvalue weighted by molar-refractivity contribution is -0.144. The van der Waals surface area contributed by atoms with Crippen LogP contribution in [0.15, 0.2) is 36.2 Å². The second kappa shape index (κ2) is 9.37. The van der Waals surface area contributed by atoms with Gasteiger partial charge in [-0.05, 0) is 30.5 Å². The lowest BCUT2D eigenvalue weighted by atomic mass is 9.96. The Hall–Kier alpha value is -2.44. The number of hydrogen-bond acceptors (Lipinski definition) is 6. The summed E-state index contributed by atoms with van der Waals surface area (Å²) >= 11 is 0. The van der Waals surface area contributed by atoms with Crippen molar-refractivity contribution in [2.24, 2.45) is 5.92 Å². The molecule has 0 spiro atoms. The highest BCUT2D eigenvalue weighted by Crippen LogP contribution is 2.33. The molecule has 0 saturated carbocycles. The molecule has 6 nitrogen and oxygen atoms in total. The SMILES string of the molecule is CCOC(=O)CC1CC(OS(=O)(=O)C(F)(F)F)=CN(Cc2ccc(C(F)(F)F)cc2)C1. The van der Waals surface area contributed by atoms with Crippen LogP contribution in [0.25, 0.3) is 0 Å². The Morgan fingerprint density at radius 2 is 1.74 bits per heavy atom. The minimum atomic E-state index is -5.91. The number of allylic oxidation sites excluding steroid dienone is 1. The van der Waals surface area contributed by atoms with Crippen LogP contribution in [0.3, 0.4) is 0 Å². The molecule has 13 heteroatoms. The number of alkyl halides is 6. The number of halogens is 6. The monoisotopic (exact) mass is 475 g/mol. The van der Waals surface area contributed by atoms with Gasteiger partial charge in [0, 0.05) is 25.7 Å². The molecule has 0 saturated heterocycles. The minimum Gasteiger partial charge on any atom is -0.466 e. The summed E-state index contributed by atoms with van der Waals surface area (Å²) in [5.74, 6) is -1.79. The molecule has 0 aromatic heterocycles. The summed E-state index contributed by atoms with van der Waals surface area (Å²) in [6.07, 6.45) is -3.95. The van der Waals surface area contributed by atoms with Crippen molar-refractivity contribution < 1.29 is 48.5 Å². The quantitative estimate of drug-likeness (QED) is 0.255. The molecule has 0 N–H and O–H groups in total. The number of nitrogens with zero attached hydrogens (tertiary/aromatic N) is 1. The van der Waals surface area contributed by atoms with Gasteiger partial charge >= 0.3 is 27.8 Å². The number of carbonyl (C=O) groups is 1. The number of esters is 1. The summed E-state index contributed by atoms with van der Waals surface area (Å²) in [7, 11) is -5.91. The zero-order valence-electron chi connectivity index (χ0n) is 16.2. The maximum absolute atomic E-state index is 12.7. The van der Waals surface area contributed by atoms with Crippen molar-refractivity contribution in [2.45, 2.75) is 38.0 Å². The van der Waals surface area contributed by atoms with Gasteiger partial charge in [-0.2, -0.15) is 34.8 Å². The predicted octanol–water partition coefficient (Wildman–Crippen LogP) is 4.19. The summed E-state index contributed by atoms with van der Waals surface area (Å²) in [5.41, 5.74) is -6.12. The summed E-state index contributed by atoms with van der Waals surface area (Å²) < 4.78 is 108. The van der Waals surface area contributed by atoms with Crippen LogP contribution in [-0.4, -0.2) is 37.9 Å². The fraction of sp³-hybridized carbons (Fsp3) is 0.500. The Bertz CT molecular complexity index is 909. The van der Waals surface area contributed by atoms with Crippen LogP contribution in [0.2, 0.25) is 0 Å². The standard InChI is InChI=1S/C18H19F6NO5S/c1-2-29-16(26)8-13-7-15(30-31(27,28)18(22,23)24)11-25(10-13)9-12-3-5-14(6-4-12)17(19,20)21/h3-6,11,13H,2,7-10H2,1H3. The molecule has 1 aromatic carbocycles. The largest absolute Gasteiger partial charge is 0.534 e. The van der Waals surface area contributed by atoms with Crippen LogP contribution in [0.1, 0.15) is 30.9 Å². The molecule has 0 radical (unpaired) electrons. The fourth-order valence-electron chi connectivity index (χ4n) is 2.97. The number of hydrogen-bond donors (Lipinski definition) is 0. The Morgan fingerprint density at radius 3 is 2.26 bits per heavy atom. The zero-order chi connectivity index (χ0) is 23.4. The van der Waals surface area contributed by atoms with E-state index >= 15 is 0 Å². The summed E-state index contributed by atoms with van der Waals surface area (Å²) in [6, 6.07) is 4.09. The number of rotatable bonds is 7.